The van der Waals surface area contributed by atoms with Crippen molar-refractivity contribution in [1.82, 2.24) is 9.97 Å². The highest BCUT2D eigenvalue weighted by Crippen LogP contribution is 2.20. The van der Waals surface area contributed by atoms with Crippen molar-refractivity contribution in [2.45, 2.75) is 5.16 Å². The zero-order valence-electron chi connectivity index (χ0n) is 8.23. The van der Waals surface area contributed by atoms with Crippen LogP contribution in [0.2, 0.25) is 0 Å². The molecule has 80 valence electrons. The summed E-state index contributed by atoms with van der Waals surface area (Å²) >= 11 is 1.41. The Labute approximate surface area is 96.1 Å². The van der Waals surface area contributed by atoms with E-state index in [9.17, 15) is 4.79 Å². The summed E-state index contributed by atoms with van der Waals surface area (Å²) < 4.78 is 0. The standard InChI is InChI=1S/C11H8N2O2S/c1-2-5-16-11-12-8-4-3-7(10(14)15)6-9(8)13-11/h1,3-4,6H,5H2,(H,12,13)(H,14,15). The average Bonchev–Trinajstić information content (AvgIpc) is 2.67. The van der Waals surface area contributed by atoms with E-state index in [2.05, 4.69) is 15.9 Å². The number of nitrogens with one attached hydrogen (secondary N) is 1. The monoisotopic (exact) mass is 232 g/mol. The molecular formula is C11H8N2O2S. The molecule has 0 aliphatic heterocycles. The Bertz CT molecular complexity index is 583. The summed E-state index contributed by atoms with van der Waals surface area (Å²) in [5.74, 6) is 2.08. The van der Waals surface area contributed by atoms with Crippen LogP contribution in [-0.2, 0) is 0 Å². The Hall–Kier alpha value is -1.93. The summed E-state index contributed by atoms with van der Waals surface area (Å²) in [6.07, 6.45) is 5.14. The number of hydrogen-bond donors (Lipinski definition) is 2. The maximum atomic E-state index is 10.8. The molecule has 0 radical (unpaired) electrons. The van der Waals surface area contributed by atoms with Gasteiger partial charge in [-0.05, 0) is 18.2 Å². The zero-order chi connectivity index (χ0) is 11.5. The van der Waals surface area contributed by atoms with E-state index in [1.54, 1.807) is 12.1 Å². The SMILES string of the molecule is C#CCSc1nc2ccc(C(=O)O)cc2[nH]1. The van der Waals surface area contributed by atoms with E-state index in [0.29, 0.717) is 16.4 Å². The first-order chi connectivity index (χ1) is 7.70. The third-order valence-electron chi connectivity index (χ3n) is 2.00. The second kappa shape index (κ2) is 4.29. The summed E-state index contributed by atoms with van der Waals surface area (Å²) in [6.45, 7) is 0. The molecule has 0 amide bonds. The van der Waals surface area contributed by atoms with Crippen molar-refractivity contribution in [2.75, 3.05) is 5.75 Å². The third kappa shape index (κ3) is 2.02. The molecule has 16 heavy (non-hydrogen) atoms. The van der Waals surface area contributed by atoms with E-state index < -0.39 is 5.97 Å². The Morgan fingerprint density at radius 2 is 2.44 bits per heavy atom. The number of H-pyrrole nitrogens is 1. The minimum Gasteiger partial charge on any atom is -0.478 e. The summed E-state index contributed by atoms with van der Waals surface area (Å²) in [6, 6.07) is 4.76. The van der Waals surface area contributed by atoms with Crippen LogP contribution in [0.3, 0.4) is 0 Å². The minimum absolute atomic E-state index is 0.240. The summed E-state index contributed by atoms with van der Waals surface area (Å²) in [5, 5.41) is 9.53. The van der Waals surface area contributed by atoms with Crippen LogP contribution in [-0.4, -0.2) is 26.8 Å². The maximum absolute atomic E-state index is 10.8. The van der Waals surface area contributed by atoms with Gasteiger partial charge in [0.1, 0.15) is 0 Å². The number of rotatable bonds is 3. The molecule has 0 aliphatic rings. The third-order valence-corrected chi connectivity index (χ3v) is 2.78. The molecule has 2 aromatic rings. The molecule has 0 bridgehead atoms. The number of nitrogens with zero attached hydrogens (tertiary/aromatic N) is 1. The van der Waals surface area contributed by atoms with E-state index in [1.807, 2.05) is 0 Å². The second-order valence-corrected chi connectivity index (χ2v) is 4.04. The van der Waals surface area contributed by atoms with Gasteiger partial charge in [0.2, 0.25) is 0 Å². The van der Waals surface area contributed by atoms with Gasteiger partial charge in [0.25, 0.3) is 0 Å². The van der Waals surface area contributed by atoms with Gasteiger partial charge in [-0.1, -0.05) is 17.7 Å². The largest absolute Gasteiger partial charge is 0.478 e. The molecule has 0 aliphatic carbocycles. The van der Waals surface area contributed by atoms with Crippen LogP contribution in [0, 0.1) is 12.3 Å². The smallest absolute Gasteiger partial charge is 0.335 e. The number of terminal acetylenes is 1. The number of carbonyl (C=O) groups is 1. The summed E-state index contributed by atoms with van der Waals surface area (Å²) in [4.78, 5) is 18.0. The average molecular weight is 232 g/mol. The zero-order valence-corrected chi connectivity index (χ0v) is 9.04. The fourth-order valence-corrected chi connectivity index (χ4v) is 1.86. The molecule has 0 atom stereocenters. The van der Waals surface area contributed by atoms with Crippen molar-refractivity contribution >= 4 is 28.8 Å². The van der Waals surface area contributed by atoms with Crippen LogP contribution in [0.1, 0.15) is 10.4 Å². The summed E-state index contributed by atoms with van der Waals surface area (Å²) in [7, 11) is 0. The topological polar surface area (TPSA) is 66.0 Å². The van der Waals surface area contributed by atoms with Gasteiger partial charge < -0.3 is 10.1 Å². The highest BCUT2D eigenvalue weighted by Gasteiger charge is 2.07. The molecule has 0 unspecified atom stereocenters. The molecular weight excluding hydrogens is 224 g/mol. The number of thioether (sulfide) groups is 1. The molecule has 0 saturated carbocycles. The fourth-order valence-electron chi connectivity index (χ4n) is 1.30. The van der Waals surface area contributed by atoms with Crippen molar-refractivity contribution in [3.8, 4) is 12.3 Å². The molecule has 4 nitrogen and oxygen atoms in total. The highest BCUT2D eigenvalue weighted by atomic mass is 32.2. The number of aromatic carboxylic acids is 1. The van der Waals surface area contributed by atoms with Crippen LogP contribution < -0.4 is 0 Å². The number of carboxylic acid groups (broad SMARTS) is 1. The number of benzene rings is 1. The van der Waals surface area contributed by atoms with Crippen molar-refractivity contribution in [1.29, 1.82) is 0 Å². The summed E-state index contributed by atoms with van der Waals surface area (Å²) in [5.41, 5.74) is 1.69. The number of fused-ring (bicyclic) bond motifs is 1. The van der Waals surface area contributed by atoms with Gasteiger partial charge in [-0.15, -0.1) is 6.42 Å². The van der Waals surface area contributed by atoms with Crippen LogP contribution in [0.25, 0.3) is 11.0 Å². The van der Waals surface area contributed by atoms with Crippen LogP contribution >= 0.6 is 11.8 Å². The Kier molecular flexibility index (Phi) is 2.84. The van der Waals surface area contributed by atoms with Crippen LogP contribution in [0.5, 0.6) is 0 Å². The van der Waals surface area contributed by atoms with Crippen molar-refractivity contribution in [3.05, 3.63) is 23.8 Å². The van der Waals surface area contributed by atoms with Crippen molar-refractivity contribution in [2.24, 2.45) is 0 Å². The van der Waals surface area contributed by atoms with Gasteiger partial charge >= 0.3 is 5.97 Å². The number of hydrogen-bond acceptors (Lipinski definition) is 3. The normalized spacial score (nSPS) is 10.2. The van der Waals surface area contributed by atoms with Gasteiger partial charge in [-0.2, -0.15) is 0 Å². The lowest BCUT2D eigenvalue weighted by atomic mass is 10.2. The maximum Gasteiger partial charge on any atom is 0.335 e. The number of aromatic nitrogens is 2. The lowest BCUT2D eigenvalue weighted by Crippen LogP contribution is -1.94. The molecule has 2 rings (SSSR count). The first-order valence-corrected chi connectivity index (χ1v) is 5.48. The fraction of sp³-hybridized carbons (Fsp3) is 0.0909. The van der Waals surface area contributed by atoms with E-state index in [4.69, 9.17) is 11.5 Å². The molecule has 1 aromatic heterocycles. The van der Waals surface area contributed by atoms with Crippen molar-refractivity contribution < 1.29 is 9.90 Å². The molecule has 1 heterocycles. The molecule has 0 saturated heterocycles. The lowest BCUT2D eigenvalue weighted by molar-refractivity contribution is 0.0697. The highest BCUT2D eigenvalue weighted by molar-refractivity contribution is 7.99. The van der Waals surface area contributed by atoms with Gasteiger partial charge in [0.05, 0.1) is 22.3 Å². The predicted molar refractivity (Wildman–Crippen MR) is 62.6 cm³/mol. The molecule has 1 aromatic carbocycles. The van der Waals surface area contributed by atoms with Gasteiger partial charge in [0.15, 0.2) is 5.16 Å². The first kappa shape index (κ1) is 10.6. The van der Waals surface area contributed by atoms with Crippen LogP contribution in [0.4, 0.5) is 0 Å². The first-order valence-electron chi connectivity index (χ1n) is 4.50. The van der Waals surface area contributed by atoms with E-state index in [0.717, 1.165) is 5.52 Å². The second-order valence-electron chi connectivity index (χ2n) is 3.07. The van der Waals surface area contributed by atoms with Crippen LogP contribution in [0.15, 0.2) is 23.4 Å². The van der Waals surface area contributed by atoms with E-state index in [1.165, 1.54) is 17.8 Å². The Balaban J connectivity index is 2.39. The van der Waals surface area contributed by atoms with E-state index >= 15 is 0 Å². The Morgan fingerprint density at radius 3 is 3.12 bits per heavy atom. The predicted octanol–water partition coefficient (Wildman–Crippen LogP) is 1.99. The number of aromatic amines is 1. The molecule has 0 fully saturated rings. The molecule has 5 heteroatoms. The number of carboxylic acids is 1. The van der Waals surface area contributed by atoms with E-state index in [-0.39, 0.29) is 5.56 Å². The molecule has 2 N–H and O–H groups in total. The van der Waals surface area contributed by atoms with Gasteiger partial charge in [-0.3, -0.25) is 0 Å². The molecule has 0 spiro atoms. The minimum atomic E-state index is -0.950. The van der Waals surface area contributed by atoms with Gasteiger partial charge in [0, 0.05) is 0 Å². The number of imidazole rings is 1. The van der Waals surface area contributed by atoms with Crippen molar-refractivity contribution in [3.63, 3.8) is 0 Å². The lowest BCUT2D eigenvalue weighted by Gasteiger charge is -1.92. The Morgan fingerprint density at radius 1 is 1.62 bits per heavy atom. The quantitative estimate of drug-likeness (QED) is 0.627. The van der Waals surface area contributed by atoms with Gasteiger partial charge in [-0.25, -0.2) is 9.78 Å².